The molecule has 0 spiro atoms. The molecule has 96 valence electrons. The number of ether oxygens (including phenoxy) is 1. The van der Waals surface area contributed by atoms with E-state index in [1.165, 1.54) is 12.1 Å². The van der Waals surface area contributed by atoms with Crippen LogP contribution in [-0.2, 0) is 9.59 Å². The minimum absolute atomic E-state index is 0.122. The van der Waals surface area contributed by atoms with Gasteiger partial charge in [-0.25, -0.2) is 4.79 Å². The number of carbonyl (C=O) groups excluding carboxylic acids is 2. The van der Waals surface area contributed by atoms with Gasteiger partial charge in [-0.2, -0.15) is 0 Å². The van der Waals surface area contributed by atoms with Crippen LogP contribution in [0.5, 0.6) is 5.75 Å². The van der Waals surface area contributed by atoms with Gasteiger partial charge in [0, 0.05) is 12.5 Å². The van der Waals surface area contributed by atoms with Crippen LogP contribution < -0.4 is 10.1 Å². The van der Waals surface area contributed by atoms with Crippen LogP contribution in [0, 0.1) is 0 Å². The summed E-state index contributed by atoms with van der Waals surface area (Å²) >= 11 is 17.4. The molecule has 1 N–H and O–H groups in total. The van der Waals surface area contributed by atoms with Gasteiger partial charge in [-0.15, -0.1) is 0 Å². The molecule has 1 aromatic carbocycles. The molecular formula is C11H8Cl3NO3. The number of esters is 1. The van der Waals surface area contributed by atoms with Gasteiger partial charge >= 0.3 is 5.97 Å². The van der Waals surface area contributed by atoms with E-state index in [1.807, 2.05) is 0 Å². The molecule has 18 heavy (non-hydrogen) atoms. The van der Waals surface area contributed by atoms with E-state index in [1.54, 1.807) is 0 Å². The van der Waals surface area contributed by atoms with E-state index >= 15 is 0 Å². The Labute approximate surface area is 118 Å². The zero-order chi connectivity index (χ0) is 13.3. The number of hydrogen-bond acceptors (Lipinski definition) is 3. The Bertz CT molecular complexity index is 519. The average molecular weight is 309 g/mol. The molecule has 0 aliphatic carbocycles. The van der Waals surface area contributed by atoms with Crippen molar-refractivity contribution in [1.82, 2.24) is 5.32 Å². The second-order valence-corrected chi connectivity index (χ2v) is 5.00. The van der Waals surface area contributed by atoms with Gasteiger partial charge in [0.1, 0.15) is 6.04 Å². The predicted molar refractivity (Wildman–Crippen MR) is 68.3 cm³/mol. The molecule has 1 saturated heterocycles. The number of halogens is 3. The first-order valence-corrected chi connectivity index (χ1v) is 6.26. The Balaban J connectivity index is 2.12. The Hall–Kier alpha value is -0.970. The van der Waals surface area contributed by atoms with E-state index in [0.717, 1.165) is 0 Å². The van der Waals surface area contributed by atoms with Crippen molar-refractivity contribution in [3.8, 4) is 5.75 Å². The first-order valence-electron chi connectivity index (χ1n) is 5.13. The molecule has 1 unspecified atom stereocenters. The maximum absolute atomic E-state index is 11.7. The summed E-state index contributed by atoms with van der Waals surface area (Å²) in [6.07, 6.45) is 0.728. The summed E-state index contributed by atoms with van der Waals surface area (Å²) in [6.45, 7) is 0. The number of nitrogens with one attached hydrogen (secondary N) is 1. The number of amides is 1. The Morgan fingerprint density at radius 1 is 1.22 bits per heavy atom. The van der Waals surface area contributed by atoms with Crippen LogP contribution in [-0.4, -0.2) is 17.9 Å². The van der Waals surface area contributed by atoms with Gasteiger partial charge < -0.3 is 10.1 Å². The van der Waals surface area contributed by atoms with E-state index in [9.17, 15) is 9.59 Å². The van der Waals surface area contributed by atoms with Crippen molar-refractivity contribution in [3.05, 3.63) is 27.2 Å². The third kappa shape index (κ3) is 2.88. The van der Waals surface area contributed by atoms with Crippen molar-refractivity contribution in [3.63, 3.8) is 0 Å². The van der Waals surface area contributed by atoms with Crippen LogP contribution in [0.3, 0.4) is 0 Å². The van der Waals surface area contributed by atoms with Crippen LogP contribution in [0.25, 0.3) is 0 Å². The van der Waals surface area contributed by atoms with E-state index in [2.05, 4.69) is 5.32 Å². The van der Waals surface area contributed by atoms with E-state index in [4.69, 9.17) is 39.5 Å². The van der Waals surface area contributed by atoms with Crippen molar-refractivity contribution < 1.29 is 14.3 Å². The number of carbonyl (C=O) groups is 2. The Morgan fingerprint density at radius 2 is 1.89 bits per heavy atom. The van der Waals surface area contributed by atoms with Gasteiger partial charge in [-0.3, -0.25) is 4.79 Å². The topological polar surface area (TPSA) is 55.4 Å². The molecule has 0 aromatic heterocycles. The lowest BCUT2D eigenvalue weighted by molar-refractivity contribution is -0.137. The Morgan fingerprint density at radius 3 is 2.50 bits per heavy atom. The fraction of sp³-hybridized carbons (Fsp3) is 0.273. The molecule has 1 fully saturated rings. The van der Waals surface area contributed by atoms with Crippen molar-refractivity contribution in [1.29, 1.82) is 0 Å². The van der Waals surface area contributed by atoms with Crippen LogP contribution in [0.2, 0.25) is 15.1 Å². The van der Waals surface area contributed by atoms with E-state index in [-0.39, 0.29) is 26.7 Å². The number of benzene rings is 1. The van der Waals surface area contributed by atoms with Crippen molar-refractivity contribution in [2.75, 3.05) is 0 Å². The lowest BCUT2D eigenvalue weighted by Gasteiger charge is -2.11. The molecule has 1 aliphatic rings. The lowest BCUT2D eigenvalue weighted by atomic mass is 10.2. The summed E-state index contributed by atoms with van der Waals surface area (Å²) in [7, 11) is 0. The van der Waals surface area contributed by atoms with Crippen molar-refractivity contribution in [2.24, 2.45) is 0 Å². The first kappa shape index (κ1) is 13.5. The van der Waals surface area contributed by atoms with Gasteiger partial charge in [-0.05, 0) is 12.5 Å². The maximum atomic E-state index is 11.7. The van der Waals surface area contributed by atoms with Gasteiger partial charge in [0.15, 0.2) is 5.75 Å². The van der Waals surface area contributed by atoms with Gasteiger partial charge in [0.05, 0.1) is 15.1 Å². The van der Waals surface area contributed by atoms with E-state index in [0.29, 0.717) is 12.8 Å². The molecule has 1 aromatic rings. The molecule has 1 amide bonds. The highest BCUT2D eigenvalue weighted by Gasteiger charge is 2.29. The van der Waals surface area contributed by atoms with Crippen molar-refractivity contribution >= 4 is 46.7 Å². The average Bonchev–Trinajstić information content (AvgIpc) is 2.73. The normalized spacial score (nSPS) is 18.6. The summed E-state index contributed by atoms with van der Waals surface area (Å²) in [5.74, 6) is -0.615. The molecule has 1 aliphatic heterocycles. The quantitative estimate of drug-likeness (QED) is 0.519. The minimum Gasteiger partial charge on any atom is -0.423 e. The zero-order valence-electron chi connectivity index (χ0n) is 9.00. The largest absolute Gasteiger partial charge is 0.423 e. The highest BCUT2D eigenvalue weighted by molar-refractivity contribution is 6.43. The van der Waals surface area contributed by atoms with Crippen molar-refractivity contribution in [2.45, 2.75) is 18.9 Å². The molecule has 7 heteroatoms. The number of hydrogen-bond donors (Lipinski definition) is 1. The third-order valence-corrected chi connectivity index (χ3v) is 3.48. The molecule has 1 atom stereocenters. The molecule has 0 bridgehead atoms. The number of rotatable bonds is 2. The summed E-state index contributed by atoms with van der Waals surface area (Å²) in [6, 6.07) is 2.12. The van der Waals surface area contributed by atoms with Crippen LogP contribution >= 0.6 is 34.8 Å². The summed E-state index contributed by atoms with van der Waals surface area (Å²) in [5, 5.41) is 3.20. The summed E-state index contributed by atoms with van der Waals surface area (Å²) < 4.78 is 5.08. The molecule has 0 radical (unpaired) electrons. The molecule has 0 saturated carbocycles. The maximum Gasteiger partial charge on any atom is 0.334 e. The Kier molecular flexibility index (Phi) is 4.00. The predicted octanol–water partition coefficient (Wildman–Crippen LogP) is 2.83. The second kappa shape index (κ2) is 5.34. The highest BCUT2D eigenvalue weighted by atomic mass is 35.5. The van der Waals surface area contributed by atoms with E-state index < -0.39 is 12.0 Å². The SMILES string of the molecule is O=C1CCC(C(=O)Oc2cc(Cl)c(Cl)cc2Cl)N1. The van der Waals surface area contributed by atoms with Gasteiger partial charge in [0.2, 0.25) is 5.91 Å². The van der Waals surface area contributed by atoms with Gasteiger partial charge in [0.25, 0.3) is 0 Å². The highest BCUT2D eigenvalue weighted by Crippen LogP contribution is 2.34. The fourth-order valence-electron chi connectivity index (χ4n) is 1.55. The molecule has 2 rings (SSSR count). The summed E-state index contributed by atoms with van der Waals surface area (Å²) in [4.78, 5) is 22.7. The monoisotopic (exact) mass is 307 g/mol. The zero-order valence-corrected chi connectivity index (χ0v) is 11.3. The molecule has 4 nitrogen and oxygen atoms in total. The smallest absolute Gasteiger partial charge is 0.334 e. The van der Waals surface area contributed by atoms with Crippen LogP contribution in [0.15, 0.2) is 12.1 Å². The van der Waals surface area contributed by atoms with Gasteiger partial charge in [-0.1, -0.05) is 34.8 Å². The fourth-order valence-corrected chi connectivity index (χ4v) is 2.13. The first-order chi connectivity index (χ1) is 8.47. The lowest BCUT2D eigenvalue weighted by Crippen LogP contribution is -2.36. The molecule has 1 heterocycles. The van der Waals surface area contributed by atoms with Crippen LogP contribution in [0.1, 0.15) is 12.8 Å². The molecular weight excluding hydrogens is 300 g/mol. The standard InChI is InChI=1S/C11H8Cl3NO3/c12-5-3-7(14)9(4-6(5)13)18-11(17)8-1-2-10(16)15-8/h3-4,8H,1-2H2,(H,15,16). The minimum atomic E-state index is -0.636. The summed E-state index contributed by atoms with van der Waals surface area (Å²) in [5.41, 5.74) is 0. The third-order valence-electron chi connectivity index (χ3n) is 2.47. The second-order valence-electron chi connectivity index (χ2n) is 3.78. The van der Waals surface area contributed by atoms with Crippen LogP contribution in [0.4, 0.5) is 0 Å².